The molecule has 4 aromatic rings. The van der Waals surface area contributed by atoms with Crippen molar-refractivity contribution >= 4 is 16.9 Å². The molecule has 1 amide bonds. The molecule has 1 heterocycles. The lowest BCUT2D eigenvalue weighted by Crippen LogP contribution is -2.32. The fourth-order valence-corrected chi connectivity index (χ4v) is 3.54. The fraction of sp³-hybridized carbons (Fsp3) is 0.167. The van der Waals surface area contributed by atoms with Gasteiger partial charge in [-0.1, -0.05) is 43.3 Å². The summed E-state index contributed by atoms with van der Waals surface area (Å²) in [5.74, 6) is 0.164. The zero-order chi connectivity index (χ0) is 20.2. The quantitative estimate of drug-likeness (QED) is 0.455. The molecule has 0 saturated heterocycles. The molecule has 29 heavy (non-hydrogen) atoms. The third-order valence-electron chi connectivity index (χ3n) is 4.83. The second-order valence-electron chi connectivity index (χ2n) is 6.92. The van der Waals surface area contributed by atoms with Crippen LogP contribution in [-0.2, 0) is 6.54 Å². The van der Waals surface area contributed by atoms with Crippen LogP contribution in [0.25, 0.3) is 16.7 Å². The Bertz CT molecular complexity index is 1140. The van der Waals surface area contributed by atoms with Crippen molar-refractivity contribution < 1.29 is 9.18 Å². The van der Waals surface area contributed by atoms with E-state index in [1.54, 1.807) is 17.0 Å². The van der Waals surface area contributed by atoms with Gasteiger partial charge >= 0.3 is 0 Å². The van der Waals surface area contributed by atoms with Gasteiger partial charge in [0.2, 0.25) is 0 Å². The van der Waals surface area contributed by atoms with Crippen LogP contribution in [0.15, 0.2) is 78.9 Å². The normalized spacial score (nSPS) is 11.0. The molecule has 146 valence electrons. The molecule has 0 bridgehead atoms. The molecular weight excluding hydrogens is 365 g/mol. The first-order valence-electron chi connectivity index (χ1n) is 9.74. The van der Waals surface area contributed by atoms with Gasteiger partial charge in [0, 0.05) is 17.8 Å². The molecule has 0 atom stereocenters. The van der Waals surface area contributed by atoms with E-state index < -0.39 is 5.82 Å². The van der Waals surface area contributed by atoms with Gasteiger partial charge in [-0.2, -0.15) is 0 Å². The zero-order valence-electron chi connectivity index (χ0n) is 16.3. The van der Waals surface area contributed by atoms with Crippen molar-refractivity contribution in [3.8, 4) is 5.69 Å². The highest BCUT2D eigenvalue weighted by molar-refractivity contribution is 5.94. The number of carbonyl (C=O) groups excluding carboxylic acids is 1. The maximum atomic E-state index is 13.6. The van der Waals surface area contributed by atoms with E-state index in [1.807, 2.05) is 61.5 Å². The molecule has 0 N–H and O–H groups in total. The summed E-state index contributed by atoms with van der Waals surface area (Å²) >= 11 is 0. The number of aromatic nitrogens is 2. The number of benzene rings is 3. The number of para-hydroxylation sites is 3. The monoisotopic (exact) mass is 387 g/mol. The smallest absolute Gasteiger partial charge is 0.254 e. The molecule has 0 saturated carbocycles. The standard InChI is InChI=1S/C24H22FN3O/c1-2-15-27(24(29)18-9-8-10-19(25)16-18)17-23-26-21-13-6-7-14-22(21)28(23)20-11-4-3-5-12-20/h3-14,16H,2,15,17H2,1H3. The van der Waals surface area contributed by atoms with Crippen molar-refractivity contribution in [3.05, 3.63) is 96.1 Å². The Hall–Kier alpha value is -3.47. The highest BCUT2D eigenvalue weighted by atomic mass is 19.1. The van der Waals surface area contributed by atoms with Gasteiger partial charge in [0.1, 0.15) is 11.6 Å². The van der Waals surface area contributed by atoms with Crippen LogP contribution < -0.4 is 0 Å². The Morgan fingerprint density at radius 3 is 2.52 bits per heavy atom. The lowest BCUT2D eigenvalue weighted by molar-refractivity contribution is 0.0738. The number of fused-ring (bicyclic) bond motifs is 1. The average molecular weight is 387 g/mol. The summed E-state index contributed by atoms with van der Waals surface area (Å²) in [4.78, 5) is 19.6. The van der Waals surface area contributed by atoms with Crippen LogP contribution in [0.1, 0.15) is 29.5 Å². The Labute approximate surface area is 169 Å². The summed E-state index contributed by atoms with van der Waals surface area (Å²) in [6, 6.07) is 23.7. The van der Waals surface area contributed by atoms with E-state index in [2.05, 4.69) is 4.57 Å². The first kappa shape index (κ1) is 18.9. The molecule has 0 radical (unpaired) electrons. The molecular formula is C24H22FN3O. The van der Waals surface area contributed by atoms with E-state index >= 15 is 0 Å². The summed E-state index contributed by atoms with van der Waals surface area (Å²) in [6.45, 7) is 2.92. The number of nitrogens with zero attached hydrogens (tertiary/aromatic N) is 3. The van der Waals surface area contributed by atoms with Crippen LogP contribution in [0.4, 0.5) is 4.39 Å². The third-order valence-corrected chi connectivity index (χ3v) is 4.83. The van der Waals surface area contributed by atoms with E-state index in [0.717, 1.165) is 29.0 Å². The van der Waals surface area contributed by atoms with Gasteiger partial charge in [-0.3, -0.25) is 9.36 Å². The summed E-state index contributed by atoms with van der Waals surface area (Å²) in [6.07, 6.45) is 0.798. The SMILES string of the molecule is CCCN(Cc1nc2ccccc2n1-c1ccccc1)C(=O)c1cccc(F)c1. The van der Waals surface area contributed by atoms with Crippen molar-refractivity contribution in [3.63, 3.8) is 0 Å². The molecule has 0 aliphatic rings. The molecule has 3 aromatic carbocycles. The first-order valence-corrected chi connectivity index (χ1v) is 9.74. The van der Waals surface area contributed by atoms with Gasteiger partial charge in [-0.05, 0) is 48.9 Å². The van der Waals surface area contributed by atoms with E-state index in [-0.39, 0.29) is 5.91 Å². The van der Waals surface area contributed by atoms with Gasteiger partial charge in [-0.15, -0.1) is 0 Å². The predicted molar refractivity (Wildman–Crippen MR) is 113 cm³/mol. The van der Waals surface area contributed by atoms with Crippen LogP contribution in [0.5, 0.6) is 0 Å². The Morgan fingerprint density at radius 1 is 1.00 bits per heavy atom. The van der Waals surface area contributed by atoms with Gasteiger partial charge in [-0.25, -0.2) is 9.37 Å². The van der Waals surface area contributed by atoms with Crippen LogP contribution in [-0.4, -0.2) is 26.9 Å². The van der Waals surface area contributed by atoms with Gasteiger partial charge in [0.05, 0.1) is 17.6 Å². The molecule has 0 aliphatic heterocycles. The number of carbonyl (C=O) groups is 1. The first-order chi connectivity index (χ1) is 14.2. The third kappa shape index (κ3) is 3.90. The Kier molecular flexibility index (Phi) is 5.38. The van der Waals surface area contributed by atoms with Gasteiger partial charge in [0.15, 0.2) is 0 Å². The number of hydrogen-bond donors (Lipinski definition) is 0. The Balaban J connectivity index is 1.76. The number of hydrogen-bond acceptors (Lipinski definition) is 2. The van der Waals surface area contributed by atoms with Crippen molar-refractivity contribution in [2.24, 2.45) is 0 Å². The van der Waals surface area contributed by atoms with Crippen molar-refractivity contribution in [2.75, 3.05) is 6.54 Å². The largest absolute Gasteiger partial charge is 0.331 e. The second kappa shape index (κ2) is 8.27. The van der Waals surface area contributed by atoms with Gasteiger partial charge < -0.3 is 4.90 Å². The van der Waals surface area contributed by atoms with Crippen molar-refractivity contribution in [1.82, 2.24) is 14.5 Å². The van der Waals surface area contributed by atoms with E-state index in [1.165, 1.54) is 12.1 Å². The zero-order valence-corrected chi connectivity index (χ0v) is 16.3. The van der Waals surface area contributed by atoms with Crippen molar-refractivity contribution in [1.29, 1.82) is 0 Å². The average Bonchev–Trinajstić information content (AvgIpc) is 3.11. The lowest BCUT2D eigenvalue weighted by Gasteiger charge is -2.22. The van der Waals surface area contributed by atoms with Crippen molar-refractivity contribution in [2.45, 2.75) is 19.9 Å². The topological polar surface area (TPSA) is 38.1 Å². The molecule has 0 aliphatic carbocycles. The molecule has 4 rings (SSSR count). The minimum Gasteiger partial charge on any atom is -0.331 e. The lowest BCUT2D eigenvalue weighted by atomic mass is 10.2. The fourth-order valence-electron chi connectivity index (χ4n) is 3.54. The number of imidazole rings is 1. The van der Waals surface area contributed by atoms with Gasteiger partial charge in [0.25, 0.3) is 5.91 Å². The van der Waals surface area contributed by atoms with Crippen LogP contribution in [0.2, 0.25) is 0 Å². The molecule has 5 heteroatoms. The van der Waals surface area contributed by atoms with Crippen LogP contribution >= 0.6 is 0 Å². The van der Waals surface area contributed by atoms with E-state index in [9.17, 15) is 9.18 Å². The maximum absolute atomic E-state index is 13.6. The van der Waals surface area contributed by atoms with Crippen LogP contribution in [0.3, 0.4) is 0 Å². The summed E-state index contributed by atoms with van der Waals surface area (Å²) in [5.41, 5.74) is 3.20. The summed E-state index contributed by atoms with van der Waals surface area (Å²) in [7, 11) is 0. The van der Waals surface area contributed by atoms with E-state index in [0.29, 0.717) is 18.7 Å². The summed E-state index contributed by atoms with van der Waals surface area (Å²) < 4.78 is 15.7. The Morgan fingerprint density at radius 2 is 1.76 bits per heavy atom. The number of rotatable bonds is 6. The molecule has 4 nitrogen and oxygen atoms in total. The minimum absolute atomic E-state index is 0.196. The molecule has 0 unspecified atom stereocenters. The second-order valence-corrected chi connectivity index (χ2v) is 6.92. The number of halogens is 1. The highest BCUT2D eigenvalue weighted by Gasteiger charge is 2.20. The molecule has 0 fully saturated rings. The maximum Gasteiger partial charge on any atom is 0.254 e. The molecule has 0 spiro atoms. The predicted octanol–water partition coefficient (Wildman–Crippen LogP) is 5.22. The number of amides is 1. The molecule has 1 aromatic heterocycles. The minimum atomic E-state index is -0.413. The van der Waals surface area contributed by atoms with E-state index in [4.69, 9.17) is 4.98 Å². The summed E-state index contributed by atoms with van der Waals surface area (Å²) in [5, 5.41) is 0. The van der Waals surface area contributed by atoms with Crippen LogP contribution in [0, 0.1) is 5.82 Å². The highest BCUT2D eigenvalue weighted by Crippen LogP contribution is 2.23.